The molecule has 0 fully saturated rings. The zero-order chi connectivity index (χ0) is 12.5. The molecule has 17 heavy (non-hydrogen) atoms. The van der Waals surface area contributed by atoms with Crippen molar-refractivity contribution in [3.63, 3.8) is 0 Å². The van der Waals surface area contributed by atoms with Crippen molar-refractivity contribution in [2.75, 3.05) is 6.54 Å². The number of hydrazone groups is 1. The van der Waals surface area contributed by atoms with Gasteiger partial charge in [-0.1, -0.05) is 47.5 Å². The number of nitrogens with zero attached hydrogens (tertiary/aromatic N) is 1. The molecule has 0 saturated carbocycles. The smallest absolute Gasteiger partial charge is 0.186 e. The van der Waals surface area contributed by atoms with Gasteiger partial charge in [0.15, 0.2) is 5.11 Å². The Morgan fingerprint density at radius 2 is 2.24 bits per heavy atom. The number of halogens is 1. The van der Waals surface area contributed by atoms with Crippen LogP contribution < -0.4 is 10.7 Å². The molecule has 0 bridgehead atoms. The Kier molecular flexibility index (Phi) is 6.81. The van der Waals surface area contributed by atoms with Crippen molar-refractivity contribution in [1.29, 1.82) is 0 Å². The molecule has 2 N–H and O–H groups in total. The molecule has 0 saturated heterocycles. The van der Waals surface area contributed by atoms with Crippen molar-refractivity contribution >= 4 is 39.5 Å². The van der Waals surface area contributed by atoms with Crippen molar-refractivity contribution < 1.29 is 0 Å². The van der Waals surface area contributed by atoms with E-state index in [4.69, 9.17) is 12.2 Å². The SMILES string of the molecule is CCCCNC(=S)NN=Cc1ccccc1Br. The fourth-order valence-electron chi connectivity index (χ4n) is 1.16. The topological polar surface area (TPSA) is 36.4 Å². The second kappa shape index (κ2) is 8.20. The number of hydrogen-bond donors (Lipinski definition) is 2. The molecule has 1 rings (SSSR count). The van der Waals surface area contributed by atoms with E-state index in [1.807, 2.05) is 24.3 Å². The molecular formula is C12H16BrN3S. The van der Waals surface area contributed by atoms with E-state index in [1.54, 1.807) is 6.21 Å². The first-order chi connectivity index (χ1) is 8.24. The van der Waals surface area contributed by atoms with Crippen LogP contribution in [0.4, 0.5) is 0 Å². The highest BCUT2D eigenvalue weighted by Crippen LogP contribution is 2.13. The summed E-state index contributed by atoms with van der Waals surface area (Å²) in [5.41, 5.74) is 3.80. The van der Waals surface area contributed by atoms with E-state index in [2.05, 4.69) is 38.7 Å². The monoisotopic (exact) mass is 313 g/mol. The van der Waals surface area contributed by atoms with Crippen molar-refractivity contribution in [3.8, 4) is 0 Å². The van der Waals surface area contributed by atoms with Crippen LogP contribution in [-0.4, -0.2) is 17.9 Å². The van der Waals surface area contributed by atoms with Crippen molar-refractivity contribution in [1.82, 2.24) is 10.7 Å². The number of benzene rings is 1. The van der Waals surface area contributed by atoms with E-state index in [0.29, 0.717) is 5.11 Å². The normalized spacial score (nSPS) is 10.5. The second-order valence-electron chi connectivity index (χ2n) is 3.50. The van der Waals surface area contributed by atoms with Crippen LogP contribution in [0.3, 0.4) is 0 Å². The lowest BCUT2D eigenvalue weighted by Crippen LogP contribution is -2.32. The fourth-order valence-corrected chi connectivity index (χ4v) is 1.70. The van der Waals surface area contributed by atoms with E-state index in [1.165, 1.54) is 0 Å². The van der Waals surface area contributed by atoms with Gasteiger partial charge in [-0.05, 0) is 24.7 Å². The maximum Gasteiger partial charge on any atom is 0.186 e. The van der Waals surface area contributed by atoms with Gasteiger partial charge in [0, 0.05) is 16.6 Å². The van der Waals surface area contributed by atoms with E-state index in [-0.39, 0.29) is 0 Å². The highest BCUT2D eigenvalue weighted by Gasteiger charge is 1.94. The van der Waals surface area contributed by atoms with Gasteiger partial charge in [-0.25, -0.2) is 0 Å². The molecule has 0 aliphatic heterocycles. The van der Waals surface area contributed by atoms with Gasteiger partial charge in [-0.2, -0.15) is 5.10 Å². The standard InChI is InChI=1S/C12H16BrN3S/c1-2-3-8-14-12(17)16-15-9-10-6-4-5-7-11(10)13/h4-7,9H,2-3,8H2,1H3,(H2,14,16,17). The lowest BCUT2D eigenvalue weighted by Gasteiger charge is -2.05. The molecular weight excluding hydrogens is 298 g/mol. The predicted octanol–water partition coefficient (Wildman–Crippen LogP) is 3.05. The third-order valence-electron chi connectivity index (χ3n) is 2.09. The van der Waals surface area contributed by atoms with Gasteiger partial charge >= 0.3 is 0 Å². The highest BCUT2D eigenvalue weighted by atomic mass is 79.9. The Balaban J connectivity index is 2.35. The molecule has 0 aliphatic rings. The quantitative estimate of drug-likeness (QED) is 0.380. The molecule has 1 aromatic carbocycles. The number of thiocarbonyl (C=S) groups is 1. The third kappa shape index (κ3) is 5.79. The zero-order valence-electron chi connectivity index (χ0n) is 9.74. The highest BCUT2D eigenvalue weighted by molar-refractivity contribution is 9.10. The lowest BCUT2D eigenvalue weighted by atomic mass is 10.2. The largest absolute Gasteiger partial charge is 0.361 e. The minimum absolute atomic E-state index is 0.557. The molecule has 0 amide bonds. The van der Waals surface area contributed by atoms with Gasteiger partial charge in [-0.3, -0.25) is 5.43 Å². The molecule has 0 aromatic heterocycles. The molecule has 0 atom stereocenters. The minimum Gasteiger partial charge on any atom is -0.361 e. The van der Waals surface area contributed by atoms with Gasteiger partial charge in [0.2, 0.25) is 0 Å². The summed E-state index contributed by atoms with van der Waals surface area (Å²) >= 11 is 8.52. The lowest BCUT2D eigenvalue weighted by molar-refractivity contribution is 0.745. The molecule has 1 aromatic rings. The van der Waals surface area contributed by atoms with E-state index in [0.717, 1.165) is 29.4 Å². The fraction of sp³-hybridized carbons (Fsp3) is 0.333. The molecule has 5 heteroatoms. The summed E-state index contributed by atoms with van der Waals surface area (Å²) in [4.78, 5) is 0. The number of nitrogens with one attached hydrogen (secondary N) is 2. The van der Waals surface area contributed by atoms with Crippen LogP contribution in [0, 0.1) is 0 Å². The average Bonchev–Trinajstić information content (AvgIpc) is 2.32. The molecule has 0 aliphatic carbocycles. The Bertz CT molecular complexity index is 393. The minimum atomic E-state index is 0.557. The van der Waals surface area contributed by atoms with Crippen LogP contribution in [0.5, 0.6) is 0 Å². The molecule has 0 spiro atoms. The number of hydrogen-bond acceptors (Lipinski definition) is 2. The van der Waals surface area contributed by atoms with E-state index < -0.39 is 0 Å². The van der Waals surface area contributed by atoms with Gasteiger partial charge in [0.1, 0.15) is 0 Å². The summed E-state index contributed by atoms with van der Waals surface area (Å²) in [7, 11) is 0. The Morgan fingerprint density at radius 1 is 1.47 bits per heavy atom. The molecule has 0 radical (unpaired) electrons. The zero-order valence-corrected chi connectivity index (χ0v) is 12.1. The molecule has 3 nitrogen and oxygen atoms in total. The summed E-state index contributed by atoms with van der Waals surface area (Å²) < 4.78 is 1.01. The Hall–Kier alpha value is -0.940. The van der Waals surface area contributed by atoms with E-state index >= 15 is 0 Å². The summed E-state index contributed by atoms with van der Waals surface area (Å²) in [6.45, 7) is 3.02. The maximum absolute atomic E-state index is 5.07. The molecule has 92 valence electrons. The van der Waals surface area contributed by atoms with Gasteiger partial charge in [0.05, 0.1) is 6.21 Å². The van der Waals surface area contributed by atoms with Crippen molar-refractivity contribution in [2.45, 2.75) is 19.8 Å². The van der Waals surface area contributed by atoms with Crippen LogP contribution in [0.1, 0.15) is 25.3 Å². The second-order valence-corrected chi connectivity index (χ2v) is 4.76. The first-order valence-electron chi connectivity index (χ1n) is 5.55. The van der Waals surface area contributed by atoms with Crippen LogP contribution in [0.25, 0.3) is 0 Å². The summed E-state index contributed by atoms with van der Waals surface area (Å²) in [5.74, 6) is 0. The van der Waals surface area contributed by atoms with Crippen LogP contribution >= 0.6 is 28.1 Å². The Morgan fingerprint density at radius 3 is 2.94 bits per heavy atom. The average molecular weight is 314 g/mol. The maximum atomic E-state index is 5.07. The van der Waals surface area contributed by atoms with Crippen LogP contribution in [0.15, 0.2) is 33.8 Å². The number of rotatable bonds is 5. The van der Waals surface area contributed by atoms with Gasteiger partial charge in [0.25, 0.3) is 0 Å². The number of unbranched alkanes of at least 4 members (excludes halogenated alkanes) is 1. The van der Waals surface area contributed by atoms with Crippen LogP contribution in [0.2, 0.25) is 0 Å². The van der Waals surface area contributed by atoms with Crippen LogP contribution in [-0.2, 0) is 0 Å². The molecule has 0 heterocycles. The van der Waals surface area contributed by atoms with Crippen molar-refractivity contribution in [3.05, 3.63) is 34.3 Å². The summed E-state index contributed by atoms with van der Waals surface area (Å²) in [6, 6.07) is 7.87. The summed E-state index contributed by atoms with van der Waals surface area (Å²) in [5, 5.41) is 7.71. The van der Waals surface area contributed by atoms with Crippen molar-refractivity contribution in [2.24, 2.45) is 5.10 Å². The van der Waals surface area contributed by atoms with Gasteiger partial charge in [-0.15, -0.1) is 0 Å². The first-order valence-corrected chi connectivity index (χ1v) is 6.75. The third-order valence-corrected chi connectivity index (χ3v) is 3.05. The van der Waals surface area contributed by atoms with Gasteiger partial charge < -0.3 is 5.32 Å². The molecule has 0 unspecified atom stereocenters. The predicted molar refractivity (Wildman–Crippen MR) is 80.4 cm³/mol. The van der Waals surface area contributed by atoms with E-state index in [9.17, 15) is 0 Å². The first kappa shape index (κ1) is 14.1. The summed E-state index contributed by atoms with van der Waals surface area (Å²) in [6.07, 6.45) is 3.99. The Labute approximate surface area is 116 Å².